The van der Waals surface area contributed by atoms with Gasteiger partial charge in [0.1, 0.15) is 0 Å². The number of hydrogen-bond donors (Lipinski definition) is 1. The molecule has 0 spiro atoms. The summed E-state index contributed by atoms with van der Waals surface area (Å²) < 4.78 is 1.21. The molecule has 14 heavy (non-hydrogen) atoms. The molecule has 0 aliphatic heterocycles. The van der Waals surface area contributed by atoms with E-state index in [1.54, 1.807) is 11.3 Å². The summed E-state index contributed by atoms with van der Waals surface area (Å²) in [5.74, 6) is 0. The van der Waals surface area contributed by atoms with Crippen LogP contribution < -0.4 is 5.32 Å². The predicted octanol–water partition coefficient (Wildman–Crippen LogP) is 3.34. The van der Waals surface area contributed by atoms with E-state index in [9.17, 15) is 0 Å². The van der Waals surface area contributed by atoms with Crippen molar-refractivity contribution in [2.45, 2.75) is 12.3 Å². The largest absolute Gasteiger partial charge is 0.360 e. The van der Waals surface area contributed by atoms with E-state index in [-0.39, 0.29) is 5.38 Å². The molecule has 1 unspecified atom stereocenters. The number of alkyl halides is 1. The maximum atomic E-state index is 5.84. The number of nitrogens with zero attached hydrogens (tertiary/aromatic N) is 1. The molecular formula is C10H11ClN2S. The Balaban J connectivity index is 2.19. The summed E-state index contributed by atoms with van der Waals surface area (Å²) in [7, 11) is 0. The molecule has 2 nitrogen and oxygen atoms in total. The van der Waals surface area contributed by atoms with Crippen LogP contribution >= 0.6 is 22.9 Å². The molecule has 4 heteroatoms. The van der Waals surface area contributed by atoms with Crippen molar-refractivity contribution < 1.29 is 0 Å². The van der Waals surface area contributed by atoms with Crippen molar-refractivity contribution in [1.82, 2.24) is 4.98 Å². The molecule has 0 saturated carbocycles. The molecule has 1 heterocycles. The van der Waals surface area contributed by atoms with Crippen LogP contribution in [0.25, 0.3) is 10.2 Å². The molecule has 0 radical (unpaired) electrons. The number of rotatable bonds is 3. The second-order valence-corrected chi connectivity index (χ2v) is 4.92. The van der Waals surface area contributed by atoms with Gasteiger partial charge in [-0.2, -0.15) is 0 Å². The SMILES string of the molecule is CC(Cl)CNc1nc2ccccc2s1. The van der Waals surface area contributed by atoms with Crippen molar-refractivity contribution in [3.63, 3.8) is 0 Å². The highest BCUT2D eigenvalue weighted by molar-refractivity contribution is 7.22. The molecule has 1 aromatic carbocycles. The van der Waals surface area contributed by atoms with E-state index in [0.29, 0.717) is 0 Å². The van der Waals surface area contributed by atoms with E-state index in [0.717, 1.165) is 17.2 Å². The van der Waals surface area contributed by atoms with Crippen LogP contribution in [0.4, 0.5) is 5.13 Å². The lowest BCUT2D eigenvalue weighted by molar-refractivity contribution is 0.986. The molecule has 74 valence electrons. The van der Waals surface area contributed by atoms with Gasteiger partial charge in [-0.25, -0.2) is 4.98 Å². The van der Waals surface area contributed by atoms with Crippen molar-refractivity contribution in [2.75, 3.05) is 11.9 Å². The molecule has 0 fully saturated rings. The van der Waals surface area contributed by atoms with Gasteiger partial charge < -0.3 is 5.32 Å². The Labute approximate surface area is 91.9 Å². The number of aromatic nitrogens is 1. The molecule has 0 aliphatic rings. The Morgan fingerprint density at radius 3 is 3.00 bits per heavy atom. The third-order valence-electron chi connectivity index (χ3n) is 1.83. The van der Waals surface area contributed by atoms with Crippen LogP contribution in [-0.4, -0.2) is 16.9 Å². The average Bonchev–Trinajstić information content (AvgIpc) is 2.57. The molecule has 0 aliphatic carbocycles. The summed E-state index contributed by atoms with van der Waals surface area (Å²) in [6.07, 6.45) is 0. The summed E-state index contributed by atoms with van der Waals surface area (Å²) in [5.41, 5.74) is 1.04. The van der Waals surface area contributed by atoms with Crippen LogP contribution in [0.2, 0.25) is 0 Å². The fourth-order valence-corrected chi connectivity index (χ4v) is 2.13. The normalized spacial score (nSPS) is 13.0. The van der Waals surface area contributed by atoms with Crippen LogP contribution in [0.3, 0.4) is 0 Å². The predicted molar refractivity (Wildman–Crippen MR) is 63.4 cm³/mol. The first kappa shape index (κ1) is 9.74. The summed E-state index contributed by atoms with van der Waals surface area (Å²) in [6.45, 7) is 2.71. The highest BCUT2D eigenvalue weighted by Gasteiger charge is 2.02. The minimum atomic E-state index is 0.127. The van der Waals surface area contributed by atoms with E-state index in [2.05, 4.69) is 16.4 Å². The van der Waals surface area contributed by atoms with Crippen molar-refractivity contribution in [1.29, 1.82) is 0 Å². The fraction of sp³-hybridized carbons (Fsp3) is 0.300. The van der Waals surface area contributed by atoms with Crippen LogP contribution in [0.1, 0.15) is 6.92 Å². The molecule has 2 aromatic rings. The van der Waals surface area contributed by atoms with Crippen LogP contribution in [0.15, 0.2) is 24.3 Å². The van der Waals surface area contributed by atoms with Crippen LogP contribution in [-0.2, 0) is 0 Å². The Hall–Kier alpha value is -0.800. The monoisotopic (exact) mass is 226 g/mol. The van der Waals surface area contributed by atoms with Crippen LogP contribution in [0, 0.1) is 0 Å². The zero-order valence-electron chi connectivity index (χ0n) is 7.83. The fourth-order valence-electron chi connectivity index (χ4n) is 1.18. The summed E-state index contributed by atoms with van der Waals surface area (Å²) in [4.78, 5) is 4.43. The molecule has 1 atom stereocenters. The van der Waals surface area contributed by atoms with Gasteiger partial charge in [-0.05, 0) is 19.1 Å². The van der Waals surface area contributed by atoms with E-state index in [4.69, 9.17) is 11.6 Å². The standard InChI is InChI=1S/C10H11ClN2S/c1-7(11)6-12-10-13-8-4-2-3-5-9(8)14-10/h2-5,7H,6H2,1H3,(H,12,13). The average molecular weight is 227 g/mol. The van der Waals surface area contributed by atoms with Gasteiger partial charge in [0.05, 0.1) is 10.2 Å². The van der Waals surface area contributed by atoms with Crippen molar-refractivity contribution in [3.8, 4) is 0 Å². The first-order valence-electron chi connectivity index (χ1n) is 4.49. The summed E-state index contributed by atoms with van der Waals surface area (Å²) in [5, 5.41) is 4.28. The number of fused-ring (bicyclic) bond motifs is 1. The number of anilines is 1. The second kappa shape index (κ2) is 4.15. The van der Waals surface area contributed by atoms with Gasteiger partial charge in [0.2, 0.25) is 0 Å². The number of nitrogens with one attached hydrogen (secondary N) is 1. The highest BCUT2D eigenvalue weighted by Crippen LogP contribution is 2.25. The number of para-hydroxylation sites is 1. The third-order valence-corrected chi connectivity index (χ3v) is 2.98. The minimum Gasteiger partial charge on any atom is -0.360 e. The van der Waals surface area contributed by atoms with E-state index in [1.165, 1.54) is 4.70 Å². The first-order chi connectivity index (χ1) is 6.75. The molecule has 2 rings (SSSR count). The number of thiazole rings is 1. The molecule has 1 N–H and O–H groups in total. The third kappa shape index (κ3) is 2.16. The number of benzene rings is 1. The van der Waals surface area contributed by atoms with E-state index < -0.39 is 0 Å². The van der Waals surface area contributed by atoms with E-state index >= 15 is 0 Å². The van der Waals surface area contributed by atoms with Crippen molar-refractivity contribution in [3.05, 3.63) is 24.3 Å². The first-order valence-corrected chi connectivity index (χ1v) is 5.74. The molecule has 0 saturated heterocycles. The Morgan fingerprint density at radius 2 is 2.29 bits per heavy atom. The minimum absolute atomic E-state index is 0.127. The lowest BCUT2D eigenvalue weighted by atomic mass is 10.3. The number of halogens is 1. The van der Waals surface area contributed by atoms with Crippen LogP contribution in [0.5, 0.6) is 0 Å². The number of hydrogen-bond acceptors (Lipinski definition) is 3. The van der Waals surface area contributed by atoms with E-state index in [1.807, 2.05) is 25.1 Å². The molecule has 0 bridgehead atoms. The second-order valence-electron chi connectivity index (χ2n) is 3.15. The van der Waals surface area contributed by atoms with Crippen molar-refractivity contribution in [2.24, 2.45) is 0 Å². The molecule has 1 aromatic heterocycles. The summed E-state index contributed by atoms with van der Waals surface area (Å²) >= 11 is 7.50. The lowest BCUT2D eigenvalue weighted by Crippen LogP contribution is -2.09. The van der Waals surface area contributed by atoms with Gasteiger partial charge in [0.25, 0.3) is 0 Å². The molecular weight excluding hydrogens is 216 g/mol. The molecule has 0 amide bonds. The van der Waals surface area contributed by atoms with Gasteiger partial charge in [-0.15, -0.1) is 11.6 Å². The van der Waals surface area contributed by atoms with Crippen molar-refractivity contribution >= 4 is 38.3 Å². The van der Waals surface area contributed by atoms with Gasteiger partial charge in [0, 0.05) is 11.9 Å². The Kier molecular flexibility index (Phi) is 2.89. The smallest absolute Gasteiger partial charge is 0.183 e. The Bertz CT molecular complexity index is 392. The van der Waals surface area contributed by atoms with Gasteiger partial charge >= 0.3 is 0 Å². The zero-order valence-corrected chi connectivity index (χ0v) is 9.40. The highest BCUT2D eigenvalue weighted by atomic mass is 35.5. The Morgan fingerprint density at radius 1 is 1.50 bits per heavy atom. The maximum Gasteiger partial charge on any atom is 0.183 e. The van der Waals surface area contributed by atoms with Gasteiger partial charge in [0.15, 0.2) is 5.13 Å². The summed E-state index contributed by atoms with van der Waals surface area (Å²) in [6, 6.07) is 8.11. The van der Waals surface area contributed by atoms with Gasteiger partial charge in [-0.3, -0.25) is 0 Å². The van der Waals surface area contributed by atoms with Gasteiger partial charge in [-0.1, -0.05) is 23.5 Å². The lowest BCUT2D eigenvalue weighted by Gasteiger charge is -2.02. The topological polar surface area (TPSA) is 24.9 Å². The maximum absolute atomic E-state index is 5.84. The zero-order chi connectivity index (χ0) is 9.97. The quantitative estimate of drug-likeness (QED) is 0.813.